The van der Waals surface area contributed by atoms with E-state index in [9.17, 15) is 14.7 Å². The highest BCUT2D eigenvalue weighted by atomic mass is 16.3. The Morgan fingerprint density at radius 1 is 1.12 bits per heavy atom. The number of hydrogen-bond donors (Lipinski definition) is 1. The number of hydrogen-bond acceptors (Lipinski definition) is 3. The maximum absolute atomic E-state index is 13.7. The van der Waals surface area contributed by atoms with Crippen LogP contribution in [0, 0.1) is 30.1 Å². The molecule has 3 rings (SSSR count). The second kappa shape index (κ2) is 9.83. The Labute approximate surface area is 199 Å². The van der Waals surface area contributed by atoms with Crippen molar-refractivity contribution in [2.45, 2.75) is 80.1 Å². The lowest BCUT2D eigenvalue weighted by Gasteiger charge is -2.48. The highest BCUT2D eigenvalue weighted by Crippen LogP contribution is 2.53. The Kier molecular flexibility index (Phi) is 7.51. The summed E-state index contributed by atoms with van der Waals surface area (Å²) in [7, 11) is 0. The van der Waals surface area contributed by atoms with Gasteiger partial charge >= 0.3 is 0 Å². The third kappa shape index (κ3) is 4.93. The molecular weight excluding hydrogens is 408 g/mol. The molecule has 0 saturated carbocycles. The topological polar surface area (TPSA) is 54.4 Å². The van der Waals surface area contributed by atoms with Crippen molar-refractivity contribution >= 4 is 11.6 Å². The normalized spacial score (nSPS) is 27.1. The van der Waals surface area contributed by atoms with Crippen molar-refractivity contribution in [2.75, 3.05) is 0 Å². The van der Waals surface area contributed by atoms with E-state index in [-0.39, 0.29) is 35.1 Å². The van der Waals surface area contributed by atoms with E-state index < -0.39 is 11.3 Å². The summed E-state index contributed by atoms with van der Waals surface area (Å²) in [6.45, 7) is 14.3. The number of aryl methyl sites for hydroxylation is 1. The number of aliphatic hydroxyl groups excluding tert-OH is 1. The molecule has 2 aliphatic rings. The minimum absolute atomic E-state index is 0.0280. The minimum atomic E-state index is -0.900. The second-order valence-corrected chi connectivity index (χ2v) is 10.9. The number of benzene rings is 1. The van der Waals surface area contributed by atoms with E-state index in [0.29, 0.717) is 12.0 Å². The van der Waals surface area contributed by atoms with E-state index in [4.69, 9.17) is 0 Å². The van der Waals surface area contributed by atoms with E-state index in [1.165, 1.54) is 16.7 Å². The summed E-state index contributed by atoms with van der Waals surface area (Å²) in [5.74, 6) is -0.952. The van der Waals surface area contributed by atoms with E-state index >= 15 is 0 Å². The second-order valence-electron chi connectivity index (χ2n) is 10.9. The maximum atomic E-state index is 13.7. The van der Waals surface area contributed by atoms with Crippen LogP contribution in [-0.2, 0) is 9.59 Å². The molecule has 0 fully saturated rings. The average Bonchev–Trinajstić information content (AvgIpc) is 2.74. The minimum Gasteiger partial charge on any atom is -0.504 e. The van der Waals surface area contributed by atoms with Gasteiger partial charge in [-0.3, -0.25) is 9.59 Å². The van der Waals surface area contributed by atoms with Crippen LogP contribution in [0.4, 0.5) is 0 Å². The third-order valence-electron chi connectivity index (χ3n) is 7.95. The molecule has 1 aromatic rings. The summed E-state index contributed by atoms with van der Waals surface area (Å²) in [4.78, 5) is 27.4. The highest BCUT2D eigenvalue weighted by Gasteiger charge is 2.57. The average molecular weight is 449 g/mol. The number of Topliss-reactive ketones (excluding diaryl/α,β-unsaturated/α-hetero) is 2. The molecule has 0 spiro atoms. The van der Waals surface area contributed by atoms with Gasteiger partial charge in [0, 0.05) is 11.5 Å². The van der Waals surface area contributed by atoms with Crippen molar-refractivity contribution < 1.29 is 14.7 Å². The van der Waals surface area contributed by atoms with Crippen LogP contribution in [0.3, 0.4) is 0 Å². The molecule has 0 amide bonds. The molecule has 2 aliphatic carbocycles. The van der Waals surface area contributed by atoms with Gasteiger partial charge in [-0.05, 0) is 76.7 Å². The van der Waals surface area contributed by atoms with Gasteiger partial charge in [0.25, 0.3) is 0 Å². The highest BCUT2D eigenvalue weighted by molar-refractivity contribution is 6.15. The molecular formula is C30H40O3. The molecule has 1 aromatic carbocycles. The first-order chi connectivity index (χ1) is 15.5. The number of carbonyl (C=O) groups is 2. The van der Waals surface area contributed by atoms with Gasteiger partial charge in [0.05, 0.1) is 5.41 Å². The smallest absolute Gasteiger partial charge is 0.204 e. The number of carbonyl (C=O) groups excluding carboxylic acids is 2. The molecule has 1 N–H and O–H groups in total. The number of allylic oxidation sites excluding steroid dienone is 6. The molecule has 0 heterocycles. The first-order valence-electron chi connectivity index (χ1n) is 12.4. The van der Waals surface area contributed by atoms with Crippen molar-refractivity contribution in [2.24, 2.45) is 23.2 Å². The summed E-state index contributed by atoms with van der Waals surface area (Å²) < 4.78 is 0. The Bertz CT molecular complexity index is 1000. The Balaban J connectivity index is 1.93. The number of fused-ring (bicyclic) bond motifs is 1. The molecule has 0 bridgehead atoms. The first-order valence-corrected chi connectivity index (χ1v) is 12.4. The molecule has 0 aromatic heterocycles. The molecule has 0 saturated heterocycles. The van der Waals surface area contributed by atoms with Gasteiger partial charge < -0.3 is 5.11 Å². The fourth-order valence-electron chi connectivity index (χ4n) is 5.72. The number of ketones is 2. The lowest BCUT2D eigenvalue weighted by atomic mass is 9.53. The molecule has 0 aliphatic heterocycles. The Morgan fingerprint density at radius 2 is 1.76 bits per heavy atom. The van der Waals surface area contributed by atoms with Gasteiger partial charge in [-0.1, -0.05) is 73.9 Å². The van der Waals surface area contributed by atoms with Crippen LogP contribution in [0.25, 0.3) is 0 Å². The van der Waals surface area contributed by atoms with E-state index in [2.05, 4.69) is 71.0 Å². The van der Waals surface area contributed by atoms with Gasteiger partial charge in [0.15, 0.2) is 11.5 Å². The lowest BCUT2D eigenvalue weighted by molar-refractivity contribution is -0.143. The predicted molar refractivity (Wildman–Crippen MR) is 135 cm³/mol. The van der Waals surface area contributed by atoms with Crippen molar-refractivity contribution in [1.29, 1.82) is 0 Å². The molecule has 5 atom stereocenters. The summed E-state index contributed by atoms with van der Waals surface area (Å²) in [6.07, 6.45) is 7.26. The van der Waals surface area contributed by atoms with Gasteiger partial charge in [-0.15, -0.1) is 0 Å². The number of rotatable bonds is 7. The summed E-state index contributed by atoms with van der Waals surface area (Å²) in [5, 5.41) is 11.0. The summed E-state index contributed by atoms with van der Waals surface area (Å²) in [6, 6.07) is 8.53. The van der Waals surface area contributed by atoms with Crippen LogP contribution in [0.2, 0.25) is 0 Å². The van der Waals surface area contributed by atoms with Crippen molar-refractivity contribution in [3.05, 3.63) is 70.0 Å². The molecule has 3 heteroatoms. The molecule has 178 valence electrons. The zero-order valence-corrected chi connectivity index (χ0v) is 21.4. The Hall–Kier alpha value is -2.42. The van der Waals surface area contributed by atoms with Crippen molar-refractivity contribution in [1.82, 2.24) is 0 Å². The zero-order chi connectivity index (χ0) is 24.5. The maximum Gasteiger partial charge on any atom is 0.204 e. The fraction of sp³-hybridized carbons (Fsp3) is 0.533. The monoisotopic (exact) mass is 448 g/mol. The van der Waals surface area contributed by atoms with E-state index in [0.717, 1.165) is 24.8 Å². The van der Waals surface area contributed by atoms with Crippen LogP contribution >= 0.6 is 0 Å². The van der Waals surface area contributed by atoms with E-state index in [1.807, 2.05) is 13.8 Å². The quantitative estimate of drug-likeness (QED) is 0.441. The van der Waals surface area contributed by atoms with Crippen LogP contribution in [0.5, 0.6) is 0 Å². The van der Waals surface area contributed by atoms with Gasteiger partial charge in [-0.2, -0.15) is 0 Å². The predicted octanol–water partition coefficient (Wildman–Crippen LogP) is 7.42. The molecule has 3 nitrogen and oxygen atoms in total. The Morgan fingerprint density at radius 3 is 2.36 bits per heavy atom. The number of aliphatic hydroxyl groups is 1. The van der Waals surface area contributed by atoms with Crippen LogP contribution in [0.1, 0.15) is 84.3 Å². The SMILES string of the molecule is CC(C)=CCC[C@@H](C)C1=C(O)C(=O)[C@@]2(C)[C@@H](C[C@@H](C)c3ccc(C)cc3)C=C(C)C[C@H]2C1=O. The van der Waals surface area contributed by atoms with Gasteiger partial charge in [0.2, 0.25) is 5.78 Å². The van der Waals surface area contributed by atoms with Gasteiger partial charge in [0.1, 0.15) is 0 Å². The zero-order valence-electron chi connectivity index (χ0n) is 21.4. The summed E-state index contributed by atoms with van der Waals surface area (Å²) >= 11 is 0. The van der Waals surface area contributed by atoms with E-state index in [1.54, 1.807) is 0 Å². The van der Waals surface area contributed by atoms with Crippen LogP contribution in [-0.4, -0.2) is 16.7 Å². The molecule has 0 radical (unpaired) electrons. The largest absolute Gasteiger partial charge is 0.504 e. The van der Waals surface area contributed by atoms with Crippen molar-refractivity contribution in [3.63, 3.8) is 0 Å². The first kappa shape index (κ1) is 25.2. The standard InChI is InChI=1S/C30H40O3/c1-18(2)9-8-10-21(5)26-27(31)25-16-20(4)15-24(30(25,7)29(33)28(26)32)17-22(6)23-13-11-19(3)12-14-23/h9,11-15,21-22,24-25,32H,8,10,16-17H2,1-7H3/t21-,22-,24-,25+,30+/m1/s1. The lowest BCUT2D eigenvalue weighted by Crippen LogP contribution is -2.52. The summed E-state index contributed by atoms with van der Waals surface area (Å²) in [5.41, 5.74) is 4.31. The van der Waals surface area contributed by atoms with Crippen LogP contribution < -0.4 is 0 Å². The molecule has 33 heavy (non-hydrogen) atoms. The van der Waals surface area contributed by atoms with Crippen molar-refractivity contribution in [3.8, 4) is 0 Å². The van der Waals surface area contributed by atoms with Gasteiger partial charge in [-0.25, -0.2) is 0 Å². The fourth-order valence-corrected chi connectivity index (χ4v) is 5.72. The van der Waals surface area contributed by atoms with Crippen LogP contribution in [0.15, 0.2) is 58.9 Å². The third-order valence-corrected chi connectivity index (χ3v) is 7.95. The molecule has 0 unspecified atom stereocenters.